The summed E-state index contributed by atoms with van der Waals surface area (Å²) >= 11 is 5.88. The van der Waals surface area contributed by atoms with Crippen molar-refractivity contribution in [2.24, 2.45) is 0 Å². The SMILES string of the molecule is O=C(OC1CCCCCCCCCCC1)c1cc2cc(CCl)ccc2oc1=O. The average molecular weight is 405 g/mol. The molecule has 4 nitrogen and oxygen atoms in total. The van der Waals surface area contributed by atoms with Gasteiger partial charge in [-0.15, -0.1) is 11.6 Å². The van der Waals surface area contributed by atoms with Crippen molar-refractivity contribution in [3.8, 4) is 0 Å². The second-order valence-electron chi connectivity index (χ2n) is 7.74. The van der Waals surface area contributed by atoms with Crippen LogP contribution in [0.4, 0.5) is 0 Å². The van der Waals surface area contributed by atoms with Gasteiger partial charge in [-0.05, 0) is 49.4 Å². The Kier molecular flexibility index (Phi) is 7.96. The van der Waals surface area contributed by atoms with E-state index in [0.717, 1.165) is 31.2 Å². The monoisotopic (exact) mass is 404 g/mol. The first-order chi connectivity index (χ1) is 13.7. The lowest BCUT2D eigenvalue weighted by molar-refractivity contribution is 0.0244. The zero-order chi connectivity index (χ0) is 19.8. The summed E-state index contributed by atoms with van der Waals surface area (Å²) in [6.07, 6.45) is 12.5. The average Bonchev–Trinajstić information content (AvgIpc) is 2.69. The number of benzene rings is 1. The number of rotatable bonds is 3. The maximum atomic E-state index is 12.7. The van der Waals surface area contributed by atoms with Crippen molar-refractivity contribution in [3.05, 3.63) is 45.8 Å². The first kappa shape index (κ1) is 20.9. The number of ether oxygens (including phenoxy) is 1. The number of fused-ring (bicyclic) bond motifs is 1. The van der Waals surface area contributed by atoms with Crippen LogP contribution < -0.4 is 5.63 Å². The second-order valence-corrected chi connectivity index (χ2v) is 8.01. The van der Waals surface area contributed by atoms with E-state index in [9.17, 15) is 9.59 Å². The summed E-state index contributed by atoms with van der Waals surface area (Å²) in [5, 5.41) is 0.684. The molecule has 0 N–H and O–H groups in total. The lowest BCUT2D eigenvalue weighted by atomic mass is 9.99. The fourth-order valence-electron chi connectivity index (χ4n) is 3.86. The van der Waals surface area contributed by atoms with Crippen molar-refractivity contribution in [2.45, 2.75) is 82.6 Å². The van der Waals surface area contributed by atoms with Gasteiger partial charge in [0.1, 0.15) is 17.3 Å². The molecule has 0 bridgehead atoms. The van der Waals surface area contributed by atoms with Crippen molar-refractivity contribution in [2.75, 3.05) is 0 Å². The molecule has 2 aromatic rings. The first-order valence-electron chi connectivity index (χ1n) is 10.5. The van der Waals surface area contributed by atoms with Gasteiger partial charge >= 0.3 is 11.6 Å². The van der Waals surface area contributed by atoms with Crippen LogP contribution in [0, 0.1) is 0 Å². The van der Waals surface area contributed by atoms with Crippen LogP contribution in [0.3, 0.4) is 0 Å². The Balaban J connectivity index is 1.72. The van der Waals surface area contributed by atoms with Crippen molar-refractivity contribution in [1.82, 2.24) is 0 Å². The molecule has 0 atom stereocenters. The van der Waals surface area contributed by atoms with Gasteiger partial charge in [0.25, 0.3) is 0 Å². The number of hydrogen-bond acceptors (Lipinski definition) is 4. The van der Waals surface area contributed by atoms with Crippen LogP contribution in [0.15, 0.2) is 33.5 Å². The van der Waals surface area contributed by atoms with E-state index in [1.807, 2.05) is 6.07 Å². The molecule has 0 radical (unpaired) electrons. The molecule has 5 heteroatoms. The number of esters is 1. The molecule has 0 spiro atoms. The molecule has 1 aliphatic carbocycles. The van der Waals surface area contributed by atoms with E-state index in [4.69, 9.17) is 20.8 Å². The minimum absolute atomic E-state index is 0.0367. The molecule has 1 aromatic carbocycles. The Labute approximate surface area is 171 Å². The smallest absolute Gasteiger partial charge is 0.351 e. The fourth-order valence-corrected chi connectivity index (χ4v) is 4.02. The third-order valence-electron chi connectivity index (χ3n) is 5.50. The molecule has 1 heterocycles. The summed E-state index contributed by atoms with van der Waals surface area (Å²) in [5.41, 5.74) is 0.665. The molecule has 0 unspecified atom stereocenters. The van der Waals surface area contributed by atoms with Gasteiger partial charge in [0, 0.05) is 11.3 Å². The van der Waals surface area contributed by atoms with Crippen molar-refractivity contribution in [1.29, 1.82) is 0 Å². The normalized spacial score (nSPS) is 17.6. The van der Waals surface area contributed by atoms with Crippen molar-refractivity contribution < 1.29 is 13.9 Å². The molecular weight excluding hydrogens is 376 g/mol. The van der Waals surface area contributed by atoms with E-state index in [2.05, 4.69) is 0 Å². The highest BCUT2D eigenvalue weighted by Gasteiger charge is 2.20. The van der Waals surface area contributed by atoms with Crippen LogP contribution in [-0.4, -0.2) is 12.1 Å². The first-order valence-corrected chi connectivity index (χ1v) is 11.0. The number of carbonyl (C=O) groups is 1. The summed E-state index contributed by atoms with van der Waals surface area (Å²) < 4.78 is 11.1. The highest BCUT2D eigenvalue weighted by atomic mass is 35.5. The quantitative estimate of drug-likeness (QED) is 0.339. The van der Waals surface area contributed by atoms with Gasteiger partial charge in [-0.3, -0.25) is 0 Å². The molecule has 0 aliphatic heterocycles. The van der Waals surface area contributed by atoms with Crippen LogP contribution in [0.1, 0.15) is 86.6 Å². The van der Waals surface area contributed by atoms with Crippen LogP contribution in [0.5, 0.6) is 0 Å². The number of hydrogen-bond donors (Lipinski definition) is 0. The summed E-state index contributed by atoms with van der Waals surface area (Å²) in [7, 11) is 0. The predicted molar refractivity (Wildman–Crippen MR) is 112 cm³/mol. The van der Waals surface area contributed by atoms with Crippen molar-refractivity contribution >= 4 is 28.5 Å². The van der Waals surface area contributed by atoms with Crippen LogP contribution in [-0.2, 0) is 10.6 Å². The van der Waals surface area contributed by atoms with E-state index in [1.165, 1.54) is 44.9 Å². The maximum absolute atomic E-state index is 12.7. The van der Waals surface area contributed by atoms with E-state index >= 15 is 0 Å². The largest absolute Gasteiger partial charge is 0.459 e. The van der Waals surface area contributed by atoms with Gasteiger partial charge in [-0.2, -0.15) is 0 Å². The summed E-state index contributed by atoms with van der Waals surface area (Å²) in [5.74, 6) is -0.222. The third kappa shape index (κ3) is 5.84. The molecule has 1 saturated carbocycles. The van der Waals surface area contributed by atoms with E-state index in [1.54, 1.807) is 18.2 Å². The molecule has 0 amide bonds. The topological polar surface area (TPSA) is 56.5 Å². The summed E-state index contributed by atoms with van der Waals surface area (Å²) in [4.78, 5) is 25.0. The summed E-state index contributed by atoms with van der Waals surface area (Å²) in [6, 6.07) is 6.91. The Hall–Kier alpha value is -1.81. The highest BCUT2D eigenvalue weighted by molar-refractivity contribution is 6.17. The van der Waals surface area contributed by atoms with Gasteiger partial charge in [0.15, 0.2) is 0 Å². The molecule has 152 valence electrons. The van der Waals surface area contributed by atoms with E-state index < -0.39 is 11.6 Å². The zero-order valence-electron chi connectivity index (χ0n) is 16.4. The Morgan fingerprint density at radius 2 is 1.57 bits per heavy atom. The van der Waals surface area contributed by atoms with E-state index in [-0.39, 0.29) is 11.7 Å². The second kappa shape index (κ2) is 10.7. The number of halogens is 1. The van der Waals surface area contributed by atoms with Gasteiger partial charge in [-0.25, -0.2) is 9.59 Å². The van der Waals surface area contributed by atoms with Gasteiger partial charge in [0.05, 0.1) is 0 Å². The Morgan fingerprint density at radius 1 is 0.964 bits per heavy atom. The molecule has 1 aromatic heterocycles. The molecular formula is C23H29ClO4. The maximum Gasteiger partial charge on any atom is 0.351 e. The summed E-state index contributed by atoms with van der Waals surface area (Å²) in [6.45, 7) is 0. The Bertz CT molecular complexity index is 830. The molecule has 28 heavy (non-hydrogen) atoms. The molecule has 3 rings (SSSR count). The number of carbonyl (C=O) groups excluding carboxylic acids is 1. The lowest BCUT2D eigenvalue weighted by Crippen LogP contribution is -2.23. The standard InChI is InChI=1S/C23H29ClO4/c24-16-17-12-13-21-18(14-17)15-20(23(26)28-21)22(25)27-19-10-8-6-4-2-1-3-5-7-9-11-19/h12-15,19H,1-11,16H2. The van der Waals surface area contributed by atoms with Gasteiger partial charge in [0.2, 0.25) is 0 Å². The van der Waals surface area contributed by atoms with Crippen LogP contribution in [0.2, 0.25) is 0 Å². The minimum atomic E-state index is -0.649. The fraction of sp³-hybridized carbons (Fsp3) is 0.565. The molecule has 1 fully saturated rings. The zero-order valence-corrected chi connectivity index (χ0v) is 17.1. The van der Waals surface area contributed by atoms with Crippen molar-refractivity contribution in [3.63, 3.8) is 0 Å². The molecule has 1 aliphatic rings. The van der Waals surface area contributed by atoms with Gasteiger partial charge in [-0.1, -0.05) is 51.0 Å². The van der Waals surface area contributed by atoms with Crippen LogP contribution in [0.25, 0.3) is 11.0 Å². The van der Waals surface area contributed by atoms with Crippen LogP contribution >= 0.6 is 11.6 Å². The lowest BCUT2D eigenvalue weighted by Gasteiger charge is -2.18. The Morgan fingerprint density at radius 3 is 2.18 bits per heavy atom. The highest BCUT2D eigenvalue weighted by Crippen LogP contribution is 2.21. The third-order valence-corrected chi connectivity index (χ3v) is 5.81. The predicted octanol–water partition coefficient (Wildman–Crippen LogP) is 6.36. The number of alkyl halides is 1. The minimum Gasteiger partial charge on any atom is -0.459 e. The molecule has 0 saturated heterocycles. The van der Waals surface area contributed by atoms with E-state index in [0.29, 0.717) is 16.8 Å². The van der Waals surface area contributed by atoms with Gasteiger partial charge < -0.3 is 9.15 Å².